The van der Waals surface area contributed by atoms with Crippen LogP contribution in [0.2, 0.25) is 0 Å². The molecule has 76 valence electrons. The van der Waals surface area contributed by atoms with Crippen LogP contribution in [0, 0.1) is 13.8 Å². The van der Waals surface area contributed by atoms with Crippen LogP contribution in [-0.4, -0.2) is 5.24 Å². The van der Waals surface area contributed by atoms with Gasteiger partial charge in [-0.05, 0) is 42.5 Å². The average Bonchev–Trinajstić information content (AvgIpc) is 2.08. The number of halogens is 1. The highest BCUT2D eigenvalue weighted by atomic mass is 35.5. The summed E-state index contributed by atoms with van der Waals surface area (Å²) in [5.74, 6) is 0.208. The van der Waals surface area contributed by atoms with Gasteiger partial charge in [-0.2, -0.15) is 0 Å². The predicted octanol–water partition coefficient (Wildman–Crippen LogP) is 3.56. The highest BCUT2D eigenvalue weighted by Gasteiger charge is 2.11. The minimum Gasteiger partial charge on any atom is -0.281 e. The Morgan fingerprint density at radius 3 is 2.64 bits per heavy atom. The molecule has 0 N–H and O–H groups in total. The molecule has 1 aromatic rings. The van der Waals surface area contributed by atoms with Gasteiger partial charge in [-0.1, -0.05) is 30.7 Å². The molecule has 1 nitrogen and oxygen atoms in total. The topological polar surface area (TPSA) is 17.1 Å². The molecule has 0 heterocycles. The first-order valence-corrected chi connectivity index (χ1v) is 5.14. The van der Waals surface area contributed by atoms with Crippen LogP contribution in [0.1, 0.15) is 36.0 Å². The smallest absolute Gasteiger partial charge is 0.222 e. The fourth-order valence-corrected chi connectivity index (χ4v) is 1.87. The molecule has 0 radical (unpaired) electrons. The molecule has 1 atom stereocenters. The van der Waals surface area contributed by atoms with E-state index in [0.29, 0.717) is 6.42 Å². The molecule has 0 aliphatic heterocycles. The lowest BCUT2D eigenvalue weighted by Gasteiger charge is -2.13. The van der Waals surface area contributed by atoms with E-state index in [0.717, 1.165) is 0 Å². The molecule has 2 heteroatoms. The van der Waals surface area contributed by atoms with Gasteiger partial charge < -0.3 is 0 Å². The van der Waals surface area contributed by atoms with Crippen molar-refractivity contribution in [2.24, 2.45) is 0 Å². The molecule has 1 unspecified atom stereocenters. The Bertz CT molecular complexity index is 344. The van der Waals surface area contributed by atoms with Crippen LogP contribution in [0.5, 0.6) is 0 Å². The summed E-state index contributed by atoms with van der Waals surface area (Å²) in [6.07, 6.45) is 0.409. The van der Waals surface area contributed by atoms with Crippen LogP contribution >= 0.6 is 11.6 Å². The molecule has 1 aromatic carbocycles. The molecule has 0 fully saturated rings. The summed E-state index contributed by atoms with van der Waals surface area (Å²) < 4.78 is 0. The SMILES string of the molecule is Cc1ccc(C)c(C(C)CC(=O)Cl)c1. The number of carbonyl (C=O) groups is 1. The Morgan fingerprint density at radius 1 is 1.43 bits per heavy atom. The molecule has 0 amide bonds. The first-order chi connectivity index (χ1) is 6.50. The van der Waals surface area contributed by atoms with Gasteiger partial charge in [0.15, 0.2) is 0 Å². The van der Waals surface area contributed by atoms with Gasteiger partial charge in [0, 0.05) is 6.42 Å². The fourth-order valence-electron chi connectivity index (χ4n) is 1.64. The summed E-state index contributed by atoms with van der Waals surface area (Å²) in [4.78, 5) is 10.8. The number of hydrogen-bond acceptors (Lipinski definition) is 1. The number of hydrogen-bond donors (Lipinski definition) is 0. The van der Waals surface area contributed by atoms with Crippen molar-refractivity contribution in [2.45, 2.75) is 33.1 Å². The van der Waals surface area contributed by atoms with Crippen LogP contribution in [0.25, 0.3) is 0 Å². The van der Waals surface area contributed by atoms with Gasteiger partial charge in [0.05, 0.1) is 0 Å². The van der Waals surface area contributed by atoms with E-state index in [4.69, 9.17) is 11.6 Å². The Labute approximate surface area is 90.1 Å². The van der Waals surface area contributed by atoms with Crippen molar-refractivity contribution in [2.75, 3.05) is 0 Å². The second-order valence-corrected chi connectivity index (χ2v) is 4.24. The van der Waals surface area contributed by atoms with Gasteiger partial charge in [-0.15, -0.1) is 0 Å². The average molecular weight is 211 g/mol. The molecule has 0 aliphatic carbocycles. The van der Waals surface area contributed by atoms with E-state index < -0.39 is 0 Å². The number of benzene rings is 1. The molecular formula is C12H15ClO. The lowest BCUT2D eigenvalue weighted by atomic mass is 9.93. The Morgan fingerprint density at radius 2 is 2.07 bits per heavy atom. The zero-order valence-electron chi connectivity index (χ0n) is 8.80. The molecule has 0 spiro atoms. The first-order valence-electron chi connectivity index (χ1n) is 4.76. The van der Waals surface area contributed by atoms with Gasteiger partial charge in [-0.3, -0.25) is 4.79 Å². The predicted molar refractivity (Wildman–Crippen MR) is 59.8 cm³/mol. The maximum atomic E-state index is 10.8. The van der Waals surface area contributed by atoms with Crippen LogP contribution in [0.15, 0.2) is 18.2 Å². The van der Waals surface area contributed by atoms with Crippen LogP contribution in [0.3, 0.4) is 0 Å². The zero-order valence-corrected chi connectivity index (χ0v) is 9.56. The van der Waals surface area contributed by atoms with Crippen LogP contribution < -0.4 is 0 Å². The van der Waals surface area contributed by atoms with Crippen molar-refractivity contribution in [1.29, 1.82) is 0 Å². The lowest BCUT2D eigenvalue weighted by Crippen LogP contribution is -2.01. The van der Waals surface area contributed by atoms with Gasteiger partial charge in [0.2, 0.25) is 5.24 Å². The molecule has 0 saturated carbocycles. The van der Waals surface area contributed by atoms with E-state index in [1.165, 1.54) is 16.7 Å². The summed E-state index contributed by atoms with van der Waals surface area (Å²) in [5.41, 5.74) is 3.67. The number of rotatable bonds is 3. The molecule has 0 aliphatic rings. The maximum absolute atomic E-state index is 10.8. The molecule has 0 bridgehead atoms. The van der Waals surface area contributed by atoms with Crippen molar-refractivity contribution >= 4 is 16.8 Å². The second-order valence-electron chi connectivity index (χ2n) is 3.82. The first kappa shape index (κ1) is 11.3. The summed E-state index contributed by atoms with van der Waals surface area (Å²) >= 11 is 5.38. The quantitative estimate of drug-likeness (QED) is 0.698. The van der Waals surface area contributed by atoms with Crippen molar-refractivity contribution in [1.82, 2.24) is 0 Å². The Kier molecular flexibility index (Phi) is 3.70. The normalized spacial score (nSPS) is 12.6. The zero-order chi connectivity index (χ0) is 10.7. The highest BCUT2D eigenvalue weighted by Crippen LogP contribution is 2.24. The van der Waals surface area contributed by atoms with Crippen molar-refractivity contribution in [3.63, 3.8) is 0 Å². The van der Waals surface area contributed by atoms with E-state index >= 15 is 0 Å². The van der Waals surface area contributed by atoms with Crippen molar-refractivity contribution in [3.05, 3.63) is 34.9 Å². The van der Waals surface area contributed by atoms with Crippen LogP contribution in [0.4, 0.5) is 0 Å². The summed E-state index contributed by atoms with van der Waals surface area (Å²) in [7, 11) is 0. The van der Waals surface area contributed by atoms with E-state index in [-0.39, 0.29) is 11.2 Å². The standard InChI is InChI=1S/C12H15ClO/c1-8-4-5-9(2)11(6-8)10(3)7-12(13)14/h4-6,10H,7H2,1-3H3. The lowest BCUT2D eigenvalue weighted by molar-refractivity contribution is -0.111. The third-order valence-corrected chi connectivity index (χ3v) is 2.59. The molecular weight excluding hydrogens is 196 g/mol. The van der Waals surface area contributed by atoms with E-state index in [1.807, 2.05) is 6.92 Å². The Hall–Kier alpha value is -0.820. The van der Waals surface area contributed by atoms with Crippen molar-refractivity contribution in [3.8, 4) is 0 Å². The van der Waals surface area contributed by atoms with Crippen LogP contribution in [-0.2, 0) is 4.79 Å². The minimum absolute atomic E-state index is 0.208. The molecule has 1 rings (SSSR count). The summed E-state index contributed by atoms with van der Waals surface area (Å²) in [5, 5.41) is -0.265. The van der Waals surface area contributed by atoms with Gasteiger partial charge >= 0.3 is 0 Å². The highest BCUT2D eigenvalue weighted by molar-refractivity contribution is 6.63. The van der Waals surface area contributed by atoms with Crippen molar-refractivity contribution < 1.29 is 4.79 Å². The monoisotopic (exact) mass is 210 g/mol. The van der Waals surface area contributed by atoms with E-state index in [1.54, 1.807) is 0 Å². The second kappa shape index (κ2) is 4.61. The maximum Gasteiger partial charge on any atom is 0.222 e. The third kappa shape index (κ3) is 2.85. The van der Waals surface area contributed by atoms with E-state index in [9.17, 15) is 4.79 Å². The summed E-state index contributed by atoms with van der Waals surface area (Å²) in [6, 6.07) is 6.29. The van der Waals surface area contributed by atoms with Gasteiger partial charge in [0.1, 0.15) is 0 Å². The van der Waals surface area contributed by atoms with Gasteiger partial charge in [0.25, 0.3) is 0 Å². The van der Waals surface area contributed by atoms with E-state index in [2.05, 4.69) is 32.0 Å². The van der Waals surface area contributed by atoms with Gasteiger partial charge in [-0.25, -0.2) is 0 Å². The Balaban J connectivity index is 2.93. The largest absolute Gasteiger partial charge is 0.281 e. The number of aryl methyl sites for hydroxylation is 2. The summed E-state index contributed by atoms with van der Waals surface area (Å²) in [6.45, 7) is 6.14. The number of carbonyl (C=O) groups excluding carboxylic acids is 1. The fraction of sp³-hybridized carbons (Fsp3) is 0.417. The molecule has 0 saturated heterocycles. The minimum atomic E-state index is -0.265. The molecule has 14 heavy (non-hydrogen) atoms. The molecule has 0 aromatic heterocycles. The third-order valence-electron chi connectivity index (χ3n) is 2.43.